The summed E-state index contributed by atoms with van der Waals surface area (Å²) in [6.45, 7) is 8.46. The van der Waals surface area contributed by atoms with Crippen molar-refractivity contribution in [2.24, 2.45) is 0 Å². The van der Waals surface area contributed by atoms with E-state index in [0.29, 0.717) is 0 Å². The third-order valence-corrected chi connectivity index (χ3v) is 8.13. The topological polar surface area (TPSA) is 0 Å². The van der Waals surface area contributed by atoms with E-state index in [0.717, 1.165) is 0 Å². The highest BCUT2D eigenvalue weighted by atomic mass is 28.3. The summed E-state index contributed by atoms with van der Waals surface area (Å²) in [5, 5.41) is 0. The molecule has 0 rings (SSSR count). The number of hydrogen-bond donors (Lipinski definition) is 0. The number of allylic oxidation sites excluding steroid dienone is 1. The van der Waals surface area contributed by atoms with Crippen LogP contribution in [0.25, 0.3) is 0 Å². The molecule has 0 heterocycles. The zero-order chi connectivity index (χ0) is 14.9. The van der Waals surface area contributed by atoms with Crippen molar-refractivity contribution in [2.45, 2.75) is 109 Å². The van der Waals surface area contributed by atoms with Crippen molar-refractivity contribution in [3.8, 4) is 0 Å². The fourth-order valence-electron chi connectivity index (χ4n) is 3.05. The molecule has 120 valence electrons. The zero-order valence-corrected chi connectivity index (χ0v) is 15.6. The van der Waals surface area contributed by atoms with Crippen LogP contribution in [0.3, 0.4) is 0 Å². The first-order chi connectivity index (χ1) is 9.85. The summed E-state index contributed by atoms with van der Waals surface area (Å²) in [4.78, 5) is 0. The zero-order valence-electron chi connectivity index (χ0n) is 14.5. The van der Waals surface area contributed by atoms with Crippen LogP contribution in [0, 0.1) is 0 Å². The van der Waals surface area contributed by atoms with Gasteiger partial charge in [0.25, 0.3) is 0 Å². The van der Waals surface area contributed by atoms with Crippen LogP contribution in [-0.4, -0.2) is 8.80 Å². The van der Waals surface area contributed by atoms with Gasteiger partial charge in [0.15, 0.2) is 0 Å². The Morgan fingerprint density at radius 2 is 1.10 bits per heavy atom. The second-order valence-corrected chi connectivity index (χ2v) is 9.96. The van der Waals surface area contributed by atoms with Crippen molar-refractivity contribution >= 4 is 8.80 Å². The molecule has 0 aliphatic carbocycles. The van der Waals surface area contributed by atoms with Gasteiger partial charge >= 0.3 is 0 Å². The lowest BCUT2D eigenvalue weighted by molar-refractivity contribution is 0.677. The predicted octanol–water partition coefficient (Wildman–Crippen LogP) is 7.12. The molecular weight excluding hydrogens is 256 g/mol. The van der Waals surface area contributed by atoms with Crippen LogP contribution in [0.5, 0.6) is 0 Å². The Morgan fingerprint density at radius 1 is 0.650 bits per heavy atom. The summed E-state index contributed by atoms with van der Waals surface area (Å²) in [6.07, 6.45) is 19.3. The molecule has 0 aliphatic rings. The van der Waals surface area contributed by atoms with Gasteiger partial charge in [0.2, 0.25) is 0 Å². The summed E-state index contributed by atoms with van der Waals surface area (Å²) in [6, 6.07) is 4.89. The molecule has 0 aliphatic heterocycles. The van der Waals surface area contributed by atoms with Gasteiger partial charge in [0.05, 0.1) is 0 Å². The maximum absolute atomic E-state index is 3.82. The fourth-order valence-corrected chi connectivity index (χ4v) is 6.52. The lowest BCUT2D eigenvalue weighted by atomic mass is 10.2. The fraction of sp³-hybridized carbons (Fsp3) is 0.895. The highest BCUT2D eigenvalue weighted by Crippen LogP contribution is 2.19. The maximum Gasteiger partial charge on any atom is 0.0367 e. The third kappa shape index (κ3) is 14.4. The molecule has 0 unspecified atom stereocenters. The van der Waals surface area contributed by atoms with E-state index in [4.69, 9.17) is 0 Å². The van der Waals surface area contributed by atoms with Crippen LogP contribution in [0.4, 0.5) is 0 Å². The van der Waals surface area contributed by atoms with Gasteiger partial charge < -0.3 is 0 Å². The second kappa shape index (κ2) is 17.0. The van der Waals surface area contributed by atoms with Gasteiger partial charge in [-0.3, -0.25) is 0 Å². The Labute approximate surface area is 131 Å². The van der Waals surface area contributed by atoms with E-state index in [1.165, 1.54) is 77.0 Å². The molecule has 0 saturated heterocycles. The van der Waals surface area contributed by atoms with E-state index in [-0.39, 0.29) is 0 Å². The molecule has 0 saturated carbocycles. The molecule has 0 radical (unpaired) electrons. The minimum absolute atomic E-state index is 0.396. The van der Waals surface area contributed by atoms with Gasteiger partial charge in [-0.25, -0.2) is 0 Å². The monoisotopic (exact) mass is 296 g/mol. The molecule has 0 bridgehead atoms. The molecule has 20 heavy (non-hydrogen) atoms. The van der Waals surface area contributed by atoms with Gasteiger partial charge in [0.1, 0.15) is 0 Å². The number of unbranched alkanes of at least 4 members (excludes halogenated alkanes) is 9. The van der Waals surface area contributed by atoms with Crippen molar-refractivity contribution < 1.29 is 0 Å². The highest BCUT2D eigenvalue weighted by molar-refractivity contribution is 6.58. The third-order valence-electron chi connectivity index (χ3n) is 4.45. The molecule has 0 aromatic rings. The summed E-state index contributed by atoms with van der Waals surface area (Å²) in [7, 11) is -0.396. The van der Waals surface area contributed by atoms with Crippen molar-refractivity contribution in [3.63, 3.8) is 0 Å². The molecule has 1 heteroatoms. The highest BCUT2D eigenvalue weighted by Gasteiger charge is 2.09. The molecular formula is C19H40Si. The predicted molar refractivity (Wildman–Crippen MR) is 98.5 cm³/mol. The van der Waals surface area contributed by atoms with Gasteiger partial charge in [-0.2, -0.15) is 0 Å². The molecule has 0 aromatic carbocycles. The van der Waals surface area contributed by atoms with Crippen molar-refractivity contribution in [3.05, 3.63) is 12.7 Å². The van der Waals surface area contributed by atoms with E-state index in [9.17, 15) is 0 Å². The van der Waals surface area contributed by atoms with E-state index >= 15 is 0 Å². The van der Waals surface area contributed by atoms with Crippen LogP contribution in [0.2, 0.25) is 18.1 Å². The van der Waals surface area contributed by atoms with Crippen LogP contribution in [0.15, 0.2) is 12.7 Å². The lowest BCUT2D eigenvalue weighted by Gasteiger charge is -2.15. The Kier molecular flexibility index (Phi) is 17.0. The molecule has 0 nitrogen and oxygen atoms in total. The normalized spacial score (nSPS) is 11.2. The van der Waals surface area contributed by atoms with E-state index < -0.39 is 8.80 Å². The largest absolute Gasteiger partial charge is 0.103 e. The number of hydrogen-bond acceptors (Lipinski definition) is 0. The molecule has 0 fully saturated rings. The maximum atomic E-state index is 3.82. The minimum Gasteiger partial charge on any atom is -0.103 e. The summed E-state index contributed by atoms with van der Waals surface area (Å²) >= 11 is 0. The Morgan fingerprint density at radius 3 is 1.50 bits per heavy atom. The summed E-state index contributed by atoms with van der Waals surface area (Å²) < 4.78 is 0. The van der Waals surface area contributed by atoms with E-state index in [2.05, 4.69) is 26.5 Å². The van der Waals surface area contributed by atoms with Gasteiger partial charge in [-0.15, -0.1) is 6.58 Å². The summed E-state index contributed by atoms with van der Waals surface area (Å²) in [5.74, 6) is 0. The van der Waals surface area contributed by atoms with Gasteiger partial charge in [0, 0.05) is 8.80 Å². The number of rotatable bonds is 16. The van der Waals surface area contributed by atoms with Crippen LogP contribution >= 0.6 is 0 Å². The quantitative estimate of drug-likeness (QED) is 0.161. The molecule has 0 aromatic heterocycles. The first-order valence-electron chi connectivity index (χ1n) is 9.46. The van der Waals surface area contributed by atoms with Crippen molar-refractivity contribution in [2.75, 3.05) is 0 Å². The van der Waals surface area contributed by atoms with Crippen LogP contribution in [-0.2, 0) is 0 Å². The standard InChI is InChI=1S/C19H40Si/c1-4-7-10-13-16-19-20(17-14-11-8-5-2)18-15-12-9-6-3/h4,20H,1,5-19H2,2-3H3. The lowest BCUT2D eigenvalue weighted by Crippen LogP contribution is -2.11. The van der Waals surface area contributed by atoms with Crippen molar-refractivity contribution in [1.82, 2.24) is 0 Å². The average Bonchev–Trinajstić information content (AvgIpc) is 2.47. The van der Waals surface area contributed by atoms with Crippen LogP contribution < -0.4 is 0 Å². The van der Waals surface area contributed by atoms with E-state index in [1.54, 1.807) is 18.1 Å². The average molecular weight is 297 g/mol. The second-order valence-electron chi connectivity index (χ2n) is 6.49. The molecule has 0 atom stereocenters. The van der Waals surface area contributed by atoms with E-state index in [1.807, 2.05) is 0 Å². The van der Waals surface area contributed by atoms with Crippen molar-refractivity contribution in [1.29, 1.82) is 0 Å². The smallest absolute Gasteiger partial charge is 0.0367 e. The SMILES string of the molecule is C=CCCCCC[SiH](CCCCCC)CCCCCC. The Balaban J connectivity index is 3.69. The van der Waals surface area contributed by atoms with Gasteiger partial charge in [-0.1, -0.05) is 102 Å². The van der Waals surface area contributed by atoms with Crippen LogP contribution in [0.1, 0.15) is 90.9 Å². The summed E-state index contributed by atoms with van der Waals surface area (Å²) in [5.41, 5.74) is 0. The first-order valence-corrected chi connectivity index (χ1v) is 11.9. The minimum atomic E-state index is -0.396. The molecule has 0 spiro atoms. The molecule has 0 N–H and O–H groups in total. The van der Waals surface area contributed by atoms with Gasteiger partial charge in [-0.05, 0) is 12.8 Å². The first kappa shape index (κ1) is 20.0. The molecule has 0 amide bonds. The Hall–Kier alpha value is -0.0431. The Bertz CT molecular complexity index is 176.